The Labute approximate surface area is 119 Å². The minimum absolute atomic E-state index is 0.112. The van der Waals surface area contributed by atoms with Crippen LogP contribution in [-0.4, -0.2) is 43.2 Å². The predicted octanol–water partition coefficient (Wildman–Crippen LogP) is 1.39. The molecule has 2 rings (SSSR count). The highest BCUT2D eigenvalue weighted by molar-refractivity contribution is 7.91. The van der Waals surface area contributed by atoms with Gasteiger partial charge in [-0.25, -0.2) is 13.2 Å². The first-order valence-corrected chi connectivity index (χ1v) is 8.20. The summed E-state index contributed by atoms with van der Waals surface area (Å²) in [6.45, 7) is 6.14. The lowest BCUT2D eigenvalue weighted by atomic mass is 10.1. The van der Waals surface area contributed by atoms with E-state index in [9.17, 15) is 13.2 Å². The van der Waals surface area contributed by atoms with E-state index in [0.717, 1.165) is 0 Å². The molecule has 1 aliphatic rings. The molecule has 2 amide bonds. The van der Waals surface area contributed by atoms with E-state index in [1.165, 1.54) is 11.2 Å². The summed E-state index contributed by atoms with van der Waals surface area (Å²) in [5.74, 6) is 0.321. The number of hydrogen-bond donors (Lipinski definition) is 1. The maximum absolute atomic E-state index is 12.1. The lowest BCUT2D eigenvalue weighted by molar-refractivity contribution is 0.161. The van der Waals surface area contributed by atoms with Gasteiger partial charge < -0.3 is 14.6 Å². The van der Waals surface area contributed by atoms with E-state index < -0.39 is 15.1 Å². The number of nitrogens with zero attached hydrogens (tertiary/aromatic N) is 1. The van der Waals surface area contributed by atoms with Crippen molar-refractivity contribution in [2.75, 3.05) is 13.1 Å². The summed E-state index contributed by atoms with van der Waals surface area (Å²) in [5.41, 5.74) is -0.324. The number of nitrogens with one attached hydrogen (secondary N) is 1. The first kappa shape index (κ1) is 14.9. The minimum atomic E-state index is -3.27. The quantitative estimate of drug-likeness (QED) is 0.914. The zero-order valence-corrected chi connectivity index (χ0v) is 12.7. The van der Waals surface area contributed by atoms with Crippen molar-refractivity contribution in [2.24, 2.45) is 0 Å². The van der Waals surface area contributed by atoms with Gasteiger partial charge in [0.1, 0.15) is 11.5 Å². The molecule has 20 heavy (non-hydrogen) atoms. The molecule has 6 nitrogen and oxygen atoms in total. The van der Waals surface area contributed by atoms with Crippen LogP contribution in [0.15, 0.2) is 22.8 Å². The molecule has 2 heterocycles. The summed E-state index contributed by atoms with van der Waals surface area (Å²) in [5, 5.41) is 2.31. The Morgan fingerprint density at radius 2 is 2.10 bits per heavy atom. The van der Waals surface area contributed by atoms with Crippen LogP contribution in [0.3, 0.4) is 0 Å². The van der Waals surface area contributed by atoms with Crippen molar-refractivity contribution in [2.45, 2.75) is 37.3 Å². The zero-order valence-electron chi connectivity index (χ0n) is 11.9. The fourth-order valence-electron chi connectivity index (χ4n) is 1.94. The SMILES string of the molecule is CC(C)(C)NC(=O)N1CC(S(=O)(=O)Cc2ccco2)C1. The minimum Gasteiger partial charge on any atom is -0.468 e. The van der Waals surface area contributed by atoms with Crippen molar-refractivity contribution >= 4 is 15.9 Å². The van der Waals surface area contributed by atoms with Gasteiger partial charge in [-0.05, 0) is 32.9 Å². The van der Waals surface area contributed by atoms with Gasteiger partial charge in [-0.3, -0.25) is 0 Å². The number of amides is 2. The van der Waals surface area contributed by atoms with Gasteiger partial charge in [-0.1, -0.05) is 0 Å². The number of urea groups is 1. The van der Waals surface area contributed by atoms with Crippen molar-refractivity contribution < 1.29 is 17.6 Å². The molecule has 1 aromatic rings. The third-order valence-corrected chi connectivity index (χ3v) is 5.05. The summed E-state index contributed by atoms with van der Waals surface area (Å²) in [6.07, 6.45) is 1.45. The second-order valence-corrected chi connectivity index (χ2v) is 8.37. The molecule has 0 aliphatic carbocycles. The van der Waals surface area contributed by atoms with E-state index >= 15 is 0 Å². The predicted molar refractivity (Wildman–Crippen MR) is 75.0 cm³/mol. The fourth-order valence-corrected chi connectivity index (χ4v) is 3.55. The van der Waals surface area contributed by atoms with Crippen LogP contribution < -0.4 is 5.32 Å². The van der Waals surface area contributed by atoms with Gasteiger partial charge in [0.15, 0.2) is 9.84 Å². The molecule has 1 aliphatic heterocycles. The van der Waals surface area contributed by atoms with Crippen molar-refractivity contribution in [3.8, 4) is 0 Å². The van der Waals surface area contributed by atoms with Crippen LogP contribution in [-0.2, 0) is 15.6 Å². The number of likely N-dealkylation sites (tertiary alicyclic amines) is 1. The van der Waals surface area contributed by atoms with Gasteiger partial charge in [0, 0.05) is 18.6 Å². The van der Waals surface area contributed by atoms with E-state index in [-0.39, 0.29) is 30.4 Å². The lowest BCUT2D eigenvalue weighted by Gasteiger charge is -2.39. The molecular weight excluding hydrogens is 280 g/mol. The third-order valence-electron chi connectivity index (χ3n) is 3.05. The van der Waals surface area contributed by atoms with E-state index in [0.29, 0.717) is 5.76 Å². The number of furan rings is 1. The average Bonchev–Trinajstić information content (AvgIpc) is 2.62. The Balaban J connectivity index is 1.88. The van der Waals surface area contributed by atoms with Crippen molar-refractivity contribution in [1.82, 2.24) is 10.2 Å². The Morgan fingerprint density at radius 1 is 1.45 bits per heavy atom. The topological polar surface area (TPSA) is 79.6 Å². The van der Waals surface area contributed by atoms with E-state index in [1.807, 2.05) is 20.8 Å². The first-order valence-electron chi connectivity index (χ1n) is 6.48. The molecule has 0 aromatic carbocycles. The molecule has 1 fully saturated rings. The Kier molecular flexibility index (Phi) is 3.82. The molecule has 0 saturated carbocycles. The third kappa shape index (κ3) is 3.53. The van der Waals surface area contributed by atoms with Crippen LogP contribution in [0.5, 0.6) is 0 Å². The average molecular weight is 300 g/mol. The summed E-state index contributed by atoms with van der Waals surface area (Å²) in [7, 11) is -3.27. The largest absolute Gasteiger partial charge is 0.468 e. The highest BCUT2D eigenvalue weighted by Crippen LogP contribution is 2.21. The number of sulfone groups is 1. The van der Waals surface area contributed by atoms with Gasteiger partial charge in [0.2, 0.25) is 0 Å². The fraction of sp³-hybridized carbons (Fsp3) is 0.615. The van der Waals surface area contributed by atoms with Crippen LogP contribution in [0.1, 0.15) is 26.5 Å². The molecule has 0 bridgehead atoms. The Hall–Kier alpha value is -1.50. The number of rotatable bonds is 3. The summed E-state index contributed by atoms with van der Waals surface area (Å²) in [4.78, 5) is 13.3. The summed E-state index contributed by atoms with van der Waals surface area (Å²) in [6, 6.07) is 3.08. The molecule has 0 spiro atoms. The molecule has 7 heteroatoms. The summed E-state index contributed by atoms with van der Waals surface area (Å²) >= 11 is 0. The Bertz CT molecular complexity index is 566. The van der Waals surface area contributed by atoms with Crippen molar-refractivity contribution in [3.63, 3.8) is 0 Å². The second-order valence-electron chi connectivity index (χ2n) is 6.09. The van der Waals surface area contributed by atoms with Gasteiger partial charge in [-0.2, -0.15) is 0 Å². The Morgan fingerprint density at radius 3 is 2.60 bits per heavy atom. The highest BCUT2D eigenvalue weighted by atomic mass is 32.2. The number of hydrogen-bond acceptors (Lipinski definition) is 4. The lowest BCUT2D eigenvalue weighted by Crippen LogP contribution is -2.61. The molecule has 1 saturated heterocycles. The van der Waals surface area contributed by atoms with Gasteiger partial charge in [-0.15, -0.1) is 0 Å². The maximum atomic E-state index is 12.1. The standard InChI is InChI=1S/C13H20N2O4S/c1-13(2,3)14-12(16)15-7-11(8-15)20(17,18)9-10-5-4-6-19-10/h4-6,11H,7-9H2,1-3H3,(H,14,16). The molecule has 1 aromatic heterocycles. The highest BCUT2D eigenvalue weighted by Gasteiger charge is 2.40. The van der Waals surface area contributed by atoms with Gasteiger partial charge in [0.05, 0.1) is 11.5 Å². The van der Waals surface area contributed by atoms with Crippen molar-refractivity contribution in [3.05, 3.63) is 24.2 Å². The van der Waals surface area contributed by atoms with Crippen LogP contribution in [0, 0.1) is 0 Å². The summed E-state index contributed by atoms with van der Waals surface area (Å²) < 4.78 is 29.3. The van der Waals surface area contributed by atoms with Crippen LogP contribution >= 0.6 is 0 Å². The van der Waals surface area contributed by atoms with Crippen LogP contribution in [0.25, 0.3) is 0 Å². The van der Waals surface area contributed by atoms with Gasteiger partial charge in [0.25, 0.3) is 0 Å². The van der Waals surface area contributed by atoms with E-state index in [4.69, 9.17) is 4.42 Å². The van der Waals surface area contributed by atoms with E-state index in [1.54, 1.807) is 12.1 Å². The van der Waals surface area contributed by atoms with Gasteiger partial charge >= 0.3 is 6.03 Å². The molecule has 1 N–H and O–H groups in total. The second kappa shape index (κ2) is 5.12. The zero-order chi connectivity index (χ0) is 15.0. The molecular formula is C13H20N2O4S. The molecule has 0 atom stereocenters. The smallest absolute Gasteiger partial charge is 0.317 e. The van der Waals surface area contributed by atoms with Crippen molar-refractivity contribution in [1.29, 1.82) is 0 Å². The molecule has 0 radical (unpaired) electrons. The first-order chi connectivity index (χ1) is 9.17. The number of carbonyl (C=O) groups excluding carboxylic acids is 1. The van der Waals surface area contributed by atoms with Crippen LogP contribution in [0.2, 0.25) is 0 Å². The van der Waals surface area contributed by atoms with E-state index in [2.05, 4.69) is 5.32 Å². The monoisotopic (exact) mass is 300 g/mol. The molecule has 112 valence electrons. The van der Waals surface area contributed by atoms with Crippen LogP contribution in [0.4, 0.5) is 4.79 Å². The maximum Gasteiger partial charge on any atom is 0.317 e. The molecule has 0 unspecified atom stereocenters. The normalized spacial score (nSPS) is 16.9. The number of carbonyl (C=O) groups is 1.